The molecule has 0 fully saturated rings. The van der Waals surface area contributed by atoms with Gasteiger partial charge in [0.05, 0.1) is 16.3 Å². The van der Waals surface area contributed by atoms with Gasteiger partial charge in [0, 0.05) is 18.7 Å². The molecule has 1 amide bonds. The first-order valence-corrected chi connectivity index (χ1v) is 4.70. The molecule has 0 aliphatic carbocycles. The van der Waals surface area contributed by atoms with Crippen LogP contribution in [0, 0.1) is 10.1 Å². The molecule has 0 aromatic heterocycles. The van der Waals surface area contributed by atoms with Crippen molar-refractivity contribution < 1.29 is 14.5 Å². The van der Waals surface area contributed by atoms with Crippen molar-refractivity contribution in [1.82, 2.24) is 0 Å². The van der Waals surface area contributed by atoms with E-state index in [9.17, 15) is 14.9 Å². The lowest BCUT2D eigenvalue weighted by Gasteiger charge is -2.08. The van der Waals surface area contributed by atoms with Crippen molar-refractivity contribution in [2.45, 2.75) is 0 Å². The Morgan fingerprint density at radius 2 is 2.24 bits per heavy atom. The predicted octanol–water partition coefficient (Wildman–Crippen LogP) is 0.684. The van der Waals surface area contributed by atoms with Gasteiger partial charge in [0.2, 0.25) is 0 Å². The van der Waals surface area contributed by atoms with Crippen LogP contribution in [0.1, 0.15) is 0 Å². The number of primary amides is 1. The van der Waals surface area contributed by atoms with Gasteiger partial charge in [-0.1, -0.05) is 0 Å². The van der Waals surface area contributed by atoms with Gasteiger partial charge in [-0.3, -0.25) is 10.1 Å². The van der Waals surface area contributed by atoms with E-state index in [0.717, 1.165) is 0 Å². The number of amides is 1. The topological polar surface area (TPSA) is 134 Å². The highest BCUT2D eigenvalue weighted by Gasteiger charge is 2.08. The van der Waals surface area contributed by atoms with Crippen molar-refractivity contribution in [3.8, 4) is 0 Å². The molecule has 0 spiro atoms. The van der Waals surface area contributed by atoms with Gasteiger partial charge in [0.1, 0.15) is 6.61 Å². The van der Waals surface area contributed by atoms with Crippen molar-refractivity contribution in [3.05, 3.63) is 28.3 Å². The number of non-ortho nitro benzene ring substituents is 1. The van der Waals surface area contributed by atoms with Gasteiger partial charge in [0.15, 0.2) is 0 Å². The quantitative estimate of drug-likeness (QED) is 0.300. The molecule has 0 saturated carbocycles. The van der Waals surface area contributed by atoms with E-state index in [4.69, 9.17) is 11.5 Å². The Hall–Kier alpha value is -2.51. The summed E-state index contributed by atoms with van der Waals surface area (Å²) in [6.45, 7) is 0.400. The third-order valence-corrected chi connectivity index (χ3v) is 1.91. The number of nitro groups is 1. The molecule has 0 aliphatic heterocycles. The predicted molar refractivity (Wildman–Crippen MR) is 61.5 cm³/mol. The number of hydrogen-bond donors (Lipinski definition) is 3. The Morgan fingerprint density at radius 1 is 1.53 bits per heavy atom. The summed E-state index contributed by atoms with van der Waals surface area (Å²) in [5.74, 6) is 0. The molecule has 8 heteroatoms. The number of anilines is 2. The van der Waals surface area contributed by atoms with Gasteiger partial charge < -0.3 is 21.5 Å². The lowest BCUT2D eigenvalue weighted by Crippen LogP contribution is -2.18. The van der Waals surface area contributed by atoms with Gasteiger partial charge >= 0.3 is 6.09 Å². The van der Waals surface area contributed by atoms with Crippen LogP contribution in [0.3, 0.4) is 0 Å². The van der Waals surface area contributed by atoms with Gasteiger partial charge in [-0.15, -0.1) is 0 Å². The number of nitrogen functional groups attached to an aromatic ring is 1. The minimum absolute atomic E-state index is 0.0820. The van der Waals surface area contributed by atoms with Crippen molar-refractivity contribution in [2.75, 3.05) is 24.2 Å². The van der Waals surface area contributed by atoms with E-state index in [-0.39, 0.29) is 18.0 Å². The van der Waals surface area contributed by atoms with Gasteiger partial charge in [-0.05, 0) is 6.07 Å². The number of nitro benzene ring substituents is 1. The average molecular weight is 240 g/mol. The zero-order valence-electron chi connectivity index (χ0n) is 8.88. The third-order valence-electron chi connectivity index (χ3n) is 1.91. The van der Waals surface area contributed by atoms with E-state index in [1.54, 1.807) is 0 Å². The number of benzene rings is 1. The molecule has 8 nitrogen and oxygen atoms in total. The van der Waals surface area contributed by atoms with Gasteiger partial charge in [-0.2, -0.15) is 0 Å². The average Bonchev–Trinajstić information content (AvgIpc) is 2.25. The molecule has 17 heavy (non-hydrogen) atoms. The molecule has 1 aromatic carbocycles. The molecule has 0 atom stereocenters. The number of nitrogens with zero attached hydrogens (tertiary/aromatic N) is 1. The Bertz CT molecular complexity index is 435. The molecule has 0 bridgehead atoms. The first-order chi connectivity index (χ1) is 8.00. The van der Waals surface area contributed by atoms with Crippen LogP contribution in [-0.4, -0.2) is 24.2 Å². The van der Waals surface area contributed by atoms with Crippen LogP contribution in [0.15, 0.2) is 18.2 Å². The van der Waals surface area contributed by atoms with E-state index >= 15 is 0 Å². The van der Waals surface area contributed by atoms with Crippen molar-refractivity contribution in [1.29, 1.82) is 0 Å². The van der Waals surface area contributed by atoms with E-state index in [0.29, 0.717) is 12.2 Å². The second-order valence-corrected chi connectivity index (χ2v) is 3.12. The van der Waals surface area contributed by atoms with Crippen molar-refractivity contribution in [2.24, 2.45) is 5.73 Å². The highest BCUT2D eigenvalue weighted by molar-refractivity contribution is 5.69. The standard InChI is InChI=1S/C9H12N4O4/c10-7-5-6(13(15)16)1-2-8(7)12-3-4-17-9(11)14/h1-2,5,12H,3-4,10H2,(H2,11,14). The smallest absolute Gasteiger partial charge is 0.404 e. The molecule has 0 heterocycles. The highest BCUT2D eigenvalue weighted by Crippen LogP contribution is 2.23. The molecular weight excluding hydrogens is 228 g/mol. The minimum Gasteiger partial charge on any atom is -0.448 e. The number of nitrogens with two attached hydrogens (primary N) is 2. The molecule has 0 unspecified atom stereocenters. The fraction of sp³-hybridized carbons (Fsp3) is 0.222. The maximum Gasteiger partial charge on any atom is 0.404 e. The summed E-state index contributed by atoms with van der Waals surface area (Å²) in [6.07, 6.45) is -0.858. The summed E-state index contributed by atoms with van der Waals surface area (Å²) in [7, 11) is 0. The van der Waals surface area contributed by atoms with Crippen LogP contribution in [-0.2, 0) is 4.74 Å². The summed E-state index contributed by atoms with van der Waals surface area (Å²) in [6, 6.07) is 4.06. The van der Waals surface area contributed by atoms with Gasteiger partial charge in [-0.25, -0.2) is 4.79 Å². The van der Waals surface area contributed by atoms with Crippen molar-refractivity contribution >= 4 is 23.2 Å². The van der Waals surface area contributed by atoms with Crippen LogP contribution < -0.4 is 16.8 Å². The second kappa shape index (κ2) is 5.54. The van der Waals surface area contributed by atoms with Crippen LogP contribution in [0.2, 0.25) is 0 Å². The Kier molecular flexibility index (Phi) is 4.09. The van der Waals surface area contributed by atoms with Crippen LogP contribution in [0.25, 0.3) is 0 Å². The van der Waals surface area contributed by atoms with Crippen LogP contribution in [0.4, 0.5) is 21.9 Å². The van der Waals surface area contributed by atoms with Crippen LogP contribution in [0.5, 0.6) is 0 Å². The molecule has 5 N–H and O–H groups in total. The maximum absolute atomic E-state index is 10.5. The number of ether oxygens (including phenoxy) is 1. The fourth-order valence-electron chi connectivity index (χ4n) is 1.16. The number of rotatable bonds is 5. The van der Waals surface area contributed by atoms with E-state index < -0.39 is 11.0 Å². The number of nitrogens with one attached hydrogen (secondary N) is 1. The van der Waals surface area contributed by atoms with E-state index in [2.05, 4.69) is 10.1 Å². The highest BCUT2D eigenvalue weighted by atomic mass is 16.6. The number of carbonyl (C=O) groups excluding carboxylic acids is 1. The molecule has 92 valence electrons. The monoisotopic (exact) mass is 240 g/mol. The number of hydrogen-bond acceptors (Lipinski definition) is 6. The first kappa shape index (κ1) is 12.6. The molecule has 1 aromatic rings. The summed E-state index contributed by atoms with van der Waals surface area (Å²) in [4.78, 5) is 20.2. The molecule has 0 aliphatic rings. The largest absolute Gasteiger partial charge is 0.448 e. The Morgan fingerprint density at radius 3 is 2.76 bits per heavy atom. The fourth-order valence-corrected chi connectivity index (χ4v) is 1.16. The lowest BCUT2D eigenvalue weighted by atomic mass is 10.2. The second-order valence-electron chi connectivity index (χ2n) is 3.12. The summed E-state index contributed by atoms with van der Waals surface area (Å²) in [5.41, 5.74) is 11.1. The SMILES string of the molecule is NC(=O)OCCNc1ccc([N+](=O)[O-])cc1N. The summed E-state index contributed by atoms with van der Waals surface area (Å²) >= 11 is 0. The Balaban J connectivity index is 2.54. The lowest BCUT2D eigenvalue weighted by molar-refractivity contribution is -0.384. The number of carbonyl (C=O) groups is 1. The zero-order valence-corrected chi connectivity index (χ0v) is 8.88. The first-order valence-electron chi connectivity index (χ1n) is 4.70. The summed E-state index contributed by atoms with van der Waals surface area (Å²) < 4.78 is 4.49. The zero-order chi connectivity index (χ0) is 12.8. The van der Waals surface area contributed by atoms with Crippen LogP contribution >= 0.6 is 0 Å². The normalized spacial score (nSPS) is 9.65. The Labute approximate surface area is 96.7 Å². The molecular formula is C9H12N4O4. The van der Waals surface area contributed by atoms with E-state index in [1.807, 2.05) is 0 Å². The van der Waals surface area contributed by atoms with E-state index in [1.165, 1.54) is 18.2 Å². The third kappa shape index (κ3) is 3.86. The molecule has 1 rings (SSSR count). The van der Waals surface area contributed by atoms with Crippen molar-refractivity contribution in [3.63, 3.8) is 0 Å². The maximum atomic E-state index is 10.5. The molecule has 0 radical (unpaired) electrons. The molecule has 0 saturated heterocycles. The van der Waals surface area contributed by atoms with Gasteiger partial charge in [0.25, 0.3) is 5.69 Å². The summed E-state index contributed by atoms with van der Waals surface area (Å²) in [5, 5.41) is 13.3. The minimum atomic E-state index is -0.858.